The van der Waals surface area contributed by atoms with Crippen LogP contribution in [0.15, 0.2) is 30.3 Å². The Labute approximate surface area is 108 Å². The highest BCUT2D eigenvalue weighted by atomic mass is 16.3. The van der Waals surface area contributed by atoms with Crippen LogP contribution in [0.2, 0.25) is 0 Å². The van der Waals surface area contributed by atoms with Gasteiger partial charge in [0.05, 0.1) is 18.2 Å². The van der Waals surface area contributed by atoms with Crippen molar-refractivity contribution in [2.45, 2.75) is 18.9 Å². The lowest BCUT2D eigenvalue weighted by Crippen LogP contribution is -2.32. The Bertz CT molecular complexity index is 445. The van der Waals surface area contributed by atoms with E-state index in [-0.39, 0.29) is 6.61 Å². The van der Waals surface area contributed by atoms with Gasteiger partial charge in [0.25, 0.3) is 0 Å². The van der Waals surface area contributed by atoms with E-state index in [4.69, 9.17) is 5.26 Å². The van der Waals surface area contributed by atoms with Crippen LogP contribution in [0.4, 0.5) is 0 Å². The normalized spacial score (nSPS) is 20.3. The maximum absolute atomic E-state index is 9.21. The topological polar surface area (TPSA) is 47.3 Å². The summed E-state index contributed by atoms with van der Waals surface area (Å²) in [6, 6.07) is 9.98. The second-order valence-corrected chi connectivity index (χ2v) is 4.61. The van der Waals surface area contributed by atoms with Crippen LogP contribution in [0, 0.1) is 11.3 Å². The Kier molecular flexibility index (Phi) is 4.52. The number of hydrogen-bond acceptors (Lipinski definition) is 3. The zero-order valence-corrected chi connectivity index (χ0v) is 10.4. The van der Waals surface area contributed by atoms with Gasteiger partial charge in [0.2, 0.25) is 0 Å². The fraction of sp³-hybridized carbons (Fsp3) is 0.400. The van der Waals surface area contributed by atoms with E-state index < -0.39 is 0 Å². The van der Waals surface area contributed by atoms with E-state index in [0.29, 0.717) is 11.6 Å². The molecule has 0 spiro atoms. The number of rotatable bonds is 4. The molecule has 1 fully saturated rings. The Morgan fingerprint density at radius 2 is 2.17 bits per heavy atom. The first-order valence-corrected chi connectivity index (χ1v) is 6.35. The van der Waals surface area contributed by atoms with E-state index in [0.717, 1.165) is 25.1 Å². The van der Waals surface area contributed by atoms with Crippen LogP contribution in [-0.4, -0.2) is 35.7 Å². The lowest BCUT2D eigenvalue weighted by atomic mass is 10.1. The predicted molar refractivity (Wildman–Crippen MR) is 71.9 cm³/mol. The Morgan fingerprint density at radius 3 is 2.83 bits per heavy atom. The quantitative estimate of drug-likeness (QED) is 0.878. The molecule has 0 aliphatic carbocycles. The molecule has 3 heteroatoms. The van der Waals surface area contributed by atoms with Crippen LogP contribution in [-0.2, 0) is 0 Å². The minimum absolute atomic E-state index is 0.255. The van der Waals surface area contributed by atoms with Crippen LogP contribution in [0.25, 0.3) is 6.08 Å². The fourth-order valence-electron chi connectivity index (χ4n) is 2.34. The fourth-order valence-corrected chi connectivity index (χ4v) is 2.34. The first kappa shape index (κ1) is 12.8. The molecule has 0 aromatic heterocycles. The highest BCUT2D eigenvalue weighted by Gasteiger charge is 2.21. The summed E-state index contributed by atoms with van der Waals surface area (Å²) in [6.45, 7) is 2.21. The summed E-state index contributed by atoms with van der Waals surface area (Å²) in [5.41, 5.74) is 1.79. The smallest absolute Gasteiger partial charge is 0.0991 e. The molecule has 2 rings (SSSR count). The van der Waals surface area contributed by atoms with Crippen molar-refractivity contribution in [2.24, 2.45) is 0 Å². The van der Waals surface area contributed by atoms with Gasteiger partial charge in [0.15, 0.2) is 0 Å². The molecular formula is C15H18N2O. The molecule has 1 aromatic rings. The summed E-state index contributed by atoms with van der Waals surface area (Å²) in [6.07, 6.45) is 6.46. The van der Waals surface area contributed by atoms with Crippen molar-refractivity contribution in [2.75, 3.05) is 19.7 Å². The van der Waals surface area contributed by atoms with Crippen LogP contribution in [0.5, 0.6) is 0 Å². The largest absolute Gasteiger partial charge is 0.395 e. The van der Waals surface area contributed by atoms with E-state index in [1.165, 1.54) is 6.42 Å². The molecule has 0 saturated carbocycles. The average Bonchev–Trinajstić information content (AvgIpc) is 2.87. The molecule has 1 aliphatic heterocycles. The summed E-state index contributed by atoms with van der Waals surface area (Å²) in [7, 11) is 0. The van der Waals surface area contributed by atoms with Gasteiger partial charge in [0, 0.05) is 12.6 Å². The molecule has 1 heterocycles. The van der Waals surface area contributed by atoms with E-state index in [2.05, 4.69) is 23.1 Å². The third-order valence-corrected chi connectivity index (χ3v) is 3.40. The number of nitrogens with zero attached hydrogens (tertiary/aromatic N) is 2. The Balaban J connectivity index is 1.89. The highest BCUT2D eigenvalue weighted by Crippen LogP contribution is 2.16. The summed E-state index contributed by atoms with van der Waals surface area (Å²) in [5, 5.41) is 17.9. The summed E-state index contributed by atoms with van der Waals surface area (Å²) >= 11 is 0. The highest BCUT2D eigenvalue weighted by molar-refractivity contribution is 5.51. The zero-order chi connectivity index (χ0) is 12.8. The van der Waals surface area contributed by atoms with E-state index in [1.807, 2.05) is 24.3 Å². The first-order valence-electron chi connectivity index (χ1n) is 6.35. The minimum atomic E-state index is 0.255. The molecule has 0 amide bonds. The molecule has 1 aromatic carbocycles. The molecule has 3 nitrogen and oxygen atoms in total. The third-order valence-electron chi connectivity index (χ3n) is 3.40. The molecule has 94 valence electrons. The maximum Gasteiger partial charge on any atom is 0.0991 e. The van der Waals surface area contributed by atoms with E-state index >= 15 is 0 Å². The standard InChI is InChI=1S/C15H18N2O/c16-11-14-7-5-13(6-8-14)3-1-9-17-10-2-4-15(17)12-18/h1,3,5-8,15,18H,2,4,9-10,12H2/b3-1+/t15-/m0/s1. The van der Waals surface area contributed by atoms with Crippen LogP contribution >= 0.6 is 0 Å². The van der Waals surface area contributed by atoms with Gasteiger partial charge in [-0.1, -0.05) is 24.3 Å². The van der Waals surface area contributed by atoms with Crippen molar-refractivity contribution in [1.82, 2.24) is 4.90 Å². The molecule has 1 saturated heterocycles. The second-order valence-electron chi connectivity index (χ2n) is 4.61. The van der Waals surface area contributed by atoms with E-state index in [1.54, 1.807) is 0 Å². The molecule has 1 aliphatic rings. The van der Waals surface area contributed by atoms with Crippen molar-refractivity contribution in [1.29, 1.82) is 5.26 Å². The van der Waals surface area contributed by atoms with Gasteiger partial charge in [-0.25, -0.2) is 0 Å². The van der Waals surface area contributed by atoms with Gasteiger partial charge in [-0.15, -0.1) is 0 Å². The first-order chi connectivity index (χ1) is 8.83. The zero-order valence-electron chi connectivity index (χ0n) is 10.4. The van der Waals surface area contributed by atoms with Gasteiger partial charge in [-0.2, -0.15) is 5.26 Å². The lowest BCUT2D eigenvalue weighted by Gasteiger charge is -2.20. The summed E-state index contributed by atoms with van der Waals surface area (Å²) < 4.78 is 0. The Hall–Kier alpha value is -1.63. The molecule has 1 N–H and O–H groups in total. The van der Waals surface area contributed by atoms with Crippen molar-refractivity contribution < 1.29 is 5.11 Å². The molecule has 18 heavy (non-hydrogen) atoms. The molecule has 0 unspecified atom stereocenters. The monoisotopic (exact) mass is 242 g/mol. The van der Waals surface area contributed by atoms with Crippen molar-refractivity contribution in [3.05, 3.63) is 41.5 Å². The number of hydrogen-bond donors (Lipinski definition) is 1. The number of aliphatic hydroxyl groups is 1. The molecule has 0 bridgehead atoms. The van der Waals surface area contributed by atoms with Gasteiger partial charge >= 0.3 is 0 Å². The van der Waals surface area contributed by atoms with E-state index in [9.17, 15) is 5.11 Å². The third kappa shape index (κ3) is 3.19. The SMILES string of the molecule is N#Cc1ccc(/C=C/CN2CCC[C@H]2CO)cc1. The summed E-state index contributed by atoms with van der Waals surface area (Å²) in [4.78, 5) is 2.31. The van der Waals surface area contributed by atoms with Crippen LogP contribution < -0.4 is 0 Å². The summed E-state index contributed by atoms with van der Waals surface area (Å²) in [5.74, 6) is 0. The van der Waals surface area contributed by atoms with Gasteiger partial charge in [-0.05, 0) is 37.1 Å². The minimum Gasteiger partial charge on any atom is -0.395 e. The number of aliphatic hydroxyl groups excluding tert-OH is 1. The van der Waals surface area contributed by atoms with Crippen LogP contribution in [0.3, 0.4) is 0 Å². The average molecular weight is 242 g/mol. The van der Waals surface area contributed by atoms with Gasteiger partial charge in [0.1, 0.15) is 0 Å². The molecule has 1 atom stereocenters. The second kappa shape index (κ2) is 6.34. The number of nitriles is 1. The number of likely N-dealkylation sites (tertiary alicyclic amines) is 1. The van der Waals surface area contributed by atoms with Crippen LogP contribution in [0.1, 0.15) is 24.0 Å². The van der Waals surface area contributed by atoms with Crippen molar-refractivity contribution >= 4 is 6.08 Å². The number of benzene rings is 1. The maximum atomic E-state index is 9.21. The van der Waals surface area contributed by atoms with Crippen molar-refractivity contribution in [3.8, 4) is 6.07 Å². The Morgan fingerprint density at radius 1 is 1.39 bits per heavy atom. The molecular weight excluding hydrogens is 224 g/mol. The van der Waals surface area contributed by atoms with Gasteiger partial charge < -0.3 is 5.11 Å². The van der Waals surface area contributed by atoms with Crippen molar-refractivity contribution in [3.63, 3.8) is 0 Å². The lowest BCUT2D eigenvalue weighted by molar-refractivity contribution is 0.170. The molecule has 0 radical (unpaired) electrons. The predicted octanol–water partition coefficient (Wildman–Crippen LogP) is 2.03. The van der Waals surface area contributed by atoms with Gasteiger partial charge in [-0.3, -0.25) is 4.90 Å².